The Labute approximate surface area is 136 Å². The van der Waals surface area contributed by atoms with E-state index in [1.807, 2.05) is 11.0 Å². The number of carbonyl (C=O) groups is 1. The number of nitrogens with zero attached hydrogens (tertiary/aromatic N) is 2. The van der Waals surface area contributed by atoms with Gasteiger partial charge in [-0.05, 0) is 37.1 Å². The molecule has 3 heterocycles. The molecule has 0 N–H and O–H groups in total. The van der Waals surface area contributed by atoms with E-state index >= 15 is 0 Å². The highest BCUT2D eigenvalue weighted by Crippen LogP contribution is 2.36. The van der Waals surface area contributed by atoms with Gasteiger partial charge in [-0.15, -0.1) is 11.3 Å². The molecule has 22 heavy (non-hydrogen) atoms. The molecule has 2 saturated heterocycles. The Balaban J connectivity index is 1.65. The average Bonchev–Trinajstić information content (AvgIpc) is 3.16. The number of likely N-dealkylation sites (tertiary alicyclic amines) is 1. The lowest BCUT2D eigenvalue weighted by Crippen LogP contribution is -2.43. The fraction of sp³-hybridized carbons (Fsp3) is 0.667. The van der Waals surface area contributed by atoms with Crippen LogP contribution in [-0.4, -0.2) is 49.4 Å². The quantitative estimate of drug-likeness (QED) is 0.845. The Bertz CT molecular complexity index is 619. The zero-order valence-corrected chi connectivity index (χ0v) is 14.4. The minimum Gasteiger partial charge on any atom is -0.335 e. The van der Waals surface area contributed by atoms with Crippen molar-refractivity contribution in [2.45, 2.75) is 31.7 Å². The van der Waals surface area contributed by atoms with Crippen molar-refractivity contribution in [3.8, 4) is 0 Å². The molecule has 0 spiro atoms. The SMILES string of the molecule is CS(=O)(=O)N1CCC(C(=O)N2CCCC2c2cccs2)CC1. The average molecular weight is 342 g/mol. The highest BCUT2D eigenvalue weighted by molar-refractivity contribution is 7.88. The van der Waals surface area contributed by atoms with Gasteiger partial charge >= 0.3 is 0 Å². The third kappa shape index (κ3) is 3.21. The summed E-state index contributed by atoms with van der Waals surface area (Å²) < 4.78 is 24.6. The van der Waals surface area contributed by atoms with E-state index in [0.29, 0.717) is 25.9 Å². The number of hydrogen-bond donors (Lipinski definition) is 0. The molecule has 3 rings (SSSR count). The number of hydrogen-bond acceptors (Lipinski definition) is 4. The second kappa shape index (κ2) is 6.29. The smallest absolute Gasteiger partial charge is 0.226 e. The summed E-state index contributed by atoms with van der Waals surface area (Å²) in [6.45, 7) is 1.76. The molecule has 7 heteroatoms. The third-order valence-corrected chi connectivity index (χ3v) is 6.96. The van der Waals surface area contributed by atoms with Crippen LogP contribution in [0.2, 0.25) is 0 Å². The van der Waals surface area contributed by atoms with Crippen molar-refractivity contribution >= 4 is 27.3 Å². The largest absolute Gasteiger partial charge is 0.335 e. The monoisotopic (exact) mass is 342 g/mol. The summed E-state index contributed by atoms with van der Waals surface area (Å²) in [4.78, 5) is 16.1. The highest BCUT2D eigenvalue weighted by Gasteiger charge is 2.36. The molecule has 2 aliphatic rings. The normalized spacial score (nSPS) is 24.8. The van der Waals surface area contributed by atoms with Gasteiger partial charge in [0.15, 0.2) is 0 Å². The van der Waals surface area contributed by atoms with Crippen molar-refractivity contribution in [3.05, 3.63) is 22.4 Å². The van der Waals surface area contributed by atoms with Gasteiger partial charge in [-0.3, -0.25) is 4.79 Å². The van der Waals surface area contributed by atoms with E-state index in [9.17, 15) is 13.2 Å². The van der Waals surface area contributed by atoms with Gasteiger partial charge in [0.1, 0.15) is 0 Å². The van der Waals surface area contributed by atoms with Gasteiger partial charge in [-0.1, -0.05) is 6.07 Å². The Morgan fingerprint density at radius 2 is 1.95 bits per heavy atom. The highest BCUT2D eigenvalue weighted by atomic mass is 32.2. The molecule has 1 amide bonds. The Hall–Kier alpha value is -0.920. The maximum Gasteiger partial charge on any atom is 0.226 e. The van der Waals surface area contributed by atoms with Gasteiger partial charge in [0, 0.05) is 30.4 Å². The van der Waals surface area contributed by atoms with Crippen molar-refractivity contribution in [3.63, 3.8) is 0 Å². The summed E-state index contributed by atoms with van der Waals surface area (Å²) in [5.41, 5.74) is 0. The van der Waals surface area contributed by atoms with Gasteiger partial charge in [0.25, 0.3) is 0 Å². The first-order valence-electron chi connectivity index (χ1n) is 7.76. The summed E-state index contributed by atoms with van der Waals surface area (Å²) in [6.07, 6.45) is 4.60. The fourth-order valence-corrected chi connectivity index (χ4v) is 5.22. The van der Waals surface area contributed by atoms with E-state index < -0.39 is 10.0 Å². The van der Waals surface area contributed by atoms with Gasteiger partial charge in [0.2, 0.25) is 15.9 Å². The molecule has 0 aromatic carbocycles. The third-order valence-electron chi connectivity index (χ3n) is 4.68. The number of carbonyl (C=O) groups excluding carboxylic acids is 1. The Morgan fingerprint density at radius 3 is 2.55 bits per heavy atom. The lowest BCUT2D eigenvalue weighted by Gasteiger charge is -2.33. The molecule has 2 aliphatic heterocycles. The van der Waals surface area contributed by atoms with Crippen LogP contribution in [-0.2, 0) is 14.8 Å². The second-order valence-corrected chi connectivity index (χ2v) is 9.10. The minimum absolute atomic E-state index is 0.0291. The van der Waals surface area contributed by atoms with Crippen LogP contribution in [0.3, 0.4) is 0 Å². The van der Waals surface area contributed by atoms with E-state index in [0.717, 1.165) is 19.4 Å². The van der Waals surface area contributed by atoms with E-state index in [-0.39, 0.29) is 17.9 Å². The number of sulfonamides is 1. The summed E-state index contributed by atoms with van der Waals surface area (Å²) >= 11 is 1.71. The van der Waals surface area contributed by atoms with Crippen LogP contribution in [0.4, 0.5) is 0 Å². The fourth-order valence-electron chi connectivity index (χ4n) is 3.48. The van der Waals surface area contributed by atoms with Gasteiger partial charge in [0.05, 0.1) is 12.3 Å². The van der Waals surface area contributed by atoms with Crippen LogP contribution in [0.25, 0.3) is 0 Å². The predicted octanol–water partition coefficient (Wildman–Crippen LogP) is 2.08. The van der Waals surface area contributed by atoms with Gasteiger partial charge < -0.3 is 4.90 Å². The van der Waals surface area contributed by atoms with E-state index in [1.165, 1.54) is 15.4 Å². The maximum absolute atomic E-state index is 12.8. The Kier molecular flexibility index (Phi) is 4.56. The lowest BCUT2D eigenvalue weighted by atomic mass is 9.96. The van der Waals surface area contributed by atoms with Crippen LogP contribution in [0, 0.1) is 5.92 Å². The summed E-state index contributed by atoms with van der Waals surface area (Å²) in [5.74, 6) is 0.183. The number of thiophene rings is 1. The molecule has 2 fully saturated rings. The van der Waals surface area contributed by atoms with Crippen LogP contribution in [0.1, 0.15) is 36.6 Å². The molecule has 5 nitrogen and oxygen atoms in total. The molecule has 1 unspecified atom stereocenters. The molecular formula is C15H22N2O3S2. The first-order chi connectivity index (χ1) is 10.5. The minimum atomic E-state index is -3.13. The molecule has 0 bridgehead atoms. The zero-order valence-electron chi connectivity index (χ0n) is 12.8. The lowest BCUT2D eigenvalue weighted by molar-refractivity contribution is -0.137. The van der Waals surface area contributed by atoms with Crippen molar-refractivity contribution in [2.75, 3.05) is 25.9 Å². The number of amides is 1. The summed E-state index contributed by atoms with van der Waals surface area (Å²) in [6, 6.07) is 4.36. The summed E-state index contributed by atoms with van der Waals surface area (Å²) in [7, 11) is -3.13. The zero-order chi connectivity index (χ0) is 15.7. The second-order valence-electron chi connectivity index (χ2n) is 6.14. The molecule has 1 atom stereocenters. The molecule has 0 radical (unpaired) electrons. The molecule has 1 aromatic rings. The molecule has 0 aliphatic carbocycles. The Morgan fingerprint density at radius 1 is 1.23 bits per heavy atom. The standard InChI is InChI=1S/C15H22N2O3S2/c1-22(19,20)16-9-6-12(7-10-16)15(18)17-8-2-4-13(17)14-5-3-11-21-14/h3,5,11-13H,2,4,6-10H2,1H3. The number of piperidine rings is 1. The van der Waals surface area contributed by atoms with Crippen LogP contribution in [0.5, 0.6) is 0 Å². The first kappa shape index (κ1) is 16.0. The number of rotatable bonds is 3. The van der Waals surface area contributed by atoms with Crippen molar-refractivity contribution in [2.24, 2.45) is 5.92 Å². The molecule has 0 saturated carbocycles. The molecular weight excluding hydrogens is 320 g/mol. The summed E-state index contributed by atoms with van der Waals surface area (Å²) in [5, 5.41) is 2.06. The first-order valence-corrected chi connectivity index (χ1v) is 10.5. The van der Waals surface area contributed by atoms with Crippen LogP contribution < -0.4 is 0 Å². The predicted molar refractivity (Wildman–Crippen MR) is 87.1 cm³/mol. The van der Waals surface area contributed by atoms with Crippen molar-refractivity contribution in [1.29, 1.82) is 0 Å². The van der Waals surface area contributed by atoms with Gasteiger partial charge in [-0.2, -0.15) is 0 Å². The molecule has 1 aromatic heterocycles. The maximum atomic E-state index is 12.8. The van der Waals surface area contributed by atoms with Crippen molar-refractivity contribution < 1.29 is 13.2 Å². The van der Waals surface area contributed by atoms with E-state index in [2.05, 4.69) is 11.4 Å². The van der Waals surface area contributed by atoms with Crippen LogP contribution >= 0.6 is 11.3 Å². The van der Waals surface area contributed by atoms with E-state index in [4.69, 9.17) is 0 Å². The van der Waals surface area contributed by atoms with Crippen LogP contribution in [0.15, 0.2) is 17.5 Å². The molecule has 122 valence electrons. The van der Waals surface area contributed by atoms with Crippen molar-refractivity contribution in [1.82, 2.24) is 9.21 Å². The van der Waals surface area contributed by atoms with E-state index in [1.54, 1.807) is 11.3 Å². The van der Waals surface area contributed by atoms with Gasteiger partial charge in [-0.25, -0.2) is 12.7 Å². The topological polar surface area (TPSA) is 57.7 Å².